The van der Waals surface area contributed by atoms with Gasteiger partial charge in [0.05, 0.1) is 0 Å². The molecule has 0 N–H and O–H groups in total. The summed E-state index contributed by atoms with van der Waals surface area (Å²) in [6.07, 6.45) is 68.8. The molecule has 0 aliphatic carbocycles. The minimum absolute atomic E-state index is 0.0896. The molecule has 0 aromatic carbocycles. The average Bonchev–Trinajstić information content (AvgIpc) is 3.31. The molecule has 6 nitrogen and oxygen atoms in total. The Morgan fingerprint density at radius 1 is 0.303 bits per heavy atom. The predicted molar refractivity (Wildman–Crippen MR) is 284 cm³/mol. The zero-order valence-corrected chi connectivity index (χ0v) is 43.4. The second-order valence-corrected chi connectivity index (χ2v) is 18.5. The Morgan fingerprint density at radius 2 is 0.545 bits per heavy atom. The summed E-state index contributed by atoms with van der Waals surface area (Å²) in [5.41, 5.74) is 0. The van der Waals surface area contributed by atoms with Crippen molar-refractivity contribution in [2.24, 2.45) is 0 Å². The number of allylic oxidation sites excluding steroid dienone is 12. The number of ether oxygens (including phenoxy) is 3. The van der Waals surface area contributed by atoms with Crippen LogP contribution in [-0.4, -0.2) is 37.2 Å². The van der Waals surface area contributed by atoms with E-state index in [4.69, 9.17) is 14.2 Å². The van der Waals surface area contributed by atoms with E-state index < -0.39 is 6.10 Å². The van der Waals surface area contributed by atoms with Crippen LogP contribution in [0.5, 0.6) is 0 Å². The van der Waals surface area contributed by atoms with Crippen molar-refractivity contribution in [1.29, 1.82) is 0 Å². The fraction of sp³-hybridized carbons (Fsp3) is 0.750. The van der Waals surface area contributed by atoms with E-state index >= 15 is 0 Å². The van der Waals surface area contributed by atoms with Gasteiger partial charge in [-0.1, -0.05) is 209 Å². The number of unbranched alkanes of at least 4 members (excludes halogenated alkanes) is 27. The maximum Gasteiger partial charge on any atom is 0.306 e. The lowest BCUT2D eigenvalue weighted by Gasteiger charge is -2.18. The standard InChI is InChI=1S/C60H104O6/c1-4-7-10-13-16-19-22-25-28-29-30-31-33-35-38-41-44-47-50-53-59(62)65-56-57(55-64-58(61)52-49-46-43-40-37-34-27-24-21-18-15-12-9-6-3)66-60(63)54-51-48-45-42-39-36-32-26-23-20-17-14-11-8-5-2/h16-17,19-20,24-28,30-32,57H,4-15,18,21-23,29,33-56H2,1-3H3/b19-16-,20-17-,27-24-,28-25-,31-30-,32-26-. The molecule has 1 atom stereocenters. The van der Waals surface area contributed by atoms with Gasteiger partial charge in [0.1, 0.15) is 13.2 Å². The van der Waals surface area contributed by atoms with Crippen LogP contribution >= 0.6 is 0 Å². The first-order valence-corrected chi connectivity index (χ1v) is 27.9. The summed E-state index contributed by atoms with van der Waals surface area (Å²) in [5.74, 6) is -0.919. The number of carbonyl (C=O) groups excluding carboxylic acids is 3. The lowest BCUT2D eigenvalue weighted by molar-refractivity contribution is -0.167. The molecule has 0 saturated carbocycles. The number of hydrogen-bond acceptors (Lipinski definition) is 6. The number of esters is 3. The SMILES string of the molecule is CCCCC/C=C\C/C=C\C/C=C\CCCCCCCCC(=O)OCC(COC(=O)CCCCCCC/C=C\CCCCCCC)OC(=O)CCCCCCC/C=C\C/C=C\CCCCC. The molecule has 0 bridgehead atoms. The van der Waals surface area contributed by atoms with Crippen LogP contribution in [0.2, 0.25) is 0 Å². The molecule has 0 radical (unpaired) electrons. The van der Waals surface area contributed by atoms with Crippen LogP contribution in [0, 0.1) is 0 Å². The molecule has 6 heteroatoms. The molecule has 0 spiro atoms. The van der Waals surface area contributed by atoms with Crippen LogP contribution < -0.4 is 0 Å². The fourth-order valence-electron chi connectivity index (χ4n) is 7.65. The van der Waals surface area contributed by atoms with Gasteiger partial charge in [0.2, 0.25) is 0 Å². The fourth-order valence-corrected chi connectivity index (χ4v) is 7.65. The van der Waals surface area contributed by atoms with Crippen molar-refractivity contribution in [2.45, 2.75) is 277 Å². The molecule has 0 heterocycles. The topological polar surface area (TPSA) is 78.9 Å². The van der Waals surface area contributed by atoms with Crippen molar-refractivity contribution < 1.29 is 28.6 Å². The Bertz CT molecular complexity index is 1240. The quantitative estimate of drug-likeness (QED) is 0.0262. The van der Waals surface area contributed by atoms with Gasteiger partial charge in [-0.15, -0.1) is 0 Å². The van der Waals surface area contributed by atoms with Crippen LogP contribution in [0.3, 0.4) is 0 Å². The number of rotatable bonds is 50. The zero-order valence-electron chi connectivity index (χ0n) is 43.4. The minimum Gasteiger partial charge on any atom is -0.462 e. The van der Waals surface area contributed by atoms with E-state index in [1.807, 2.05) is 0 Å². The van der Waals surface area contributed by atoms with E-state index in [9.17, 15) is 14.4 Å². The van der Waals surface area contributed by atoms with Crippen molar-refractivity contribution in [1.82, 2.24) is 0 Å². The Morgan fingerprint density at radius 3 is 0.894 bits per heavy atom. The first kappa shape index (κ1) is 62.8. The Labute approximate surface area is 408 Å². The first-order valence-electron chi connectivity index (χ1n) is 27.9. The molecule has 0 fully saturated rings. The molecule has 380 valence electrons. The van der Waals surface area contributed by atoms with Crippen molar-refractivity contribution in [3.63, 3.8) is 0 Å². The Kier molecular flexibility index (Phi) is 51.9. The zero-order chi connectivity index (χ0) is 47.9. The van der Waals surface area contributed by atoms with Gasteiger partial charge in [0.25, 0.3) is 0 Å². The molecule has 0 aromatic heterocycles. The van der Waals surface area contributed by atoms with Gasteiger partial charge in [-0.05, 0) is 116 Å². The summed E-state index contributed by atoms with van der Waals surface area (Å²) in [4.78, 5) is 38.1. The monoisotopic (exact) mass is 921 g/mol. The highest BCUT2D eigenvalue weighted by molar-refractivity contribution is 5.71. The second kappa shape index (κ2) is 54.5. The molecule has 0 aliphatic heterocycles. The van der Waals surface area contributed by atoms with E-state index in [1.165, 1.54) is 122 Å². The van der Waals surface area contributed by atoms with E-state index in [1.54, 1.807) is 0 Å². The van der Waals surface area contributed by atoms with E-state index in [-0.39, 0.29) is 31.1 Å². The van der Waals surface area contributed by atoms with Gasteiger partial charge in [-0.3, -0.25) is 14.4 Å². The van der Waals surface area contributed by atoms with Crippen molar-refractivity contribution in [3.8, 4) is 0 Å². The Hall–Kier alpha value is -3.15. The van der Waals surface area contributed by atoms with Gasteiger partial charge < -0.3 is 14.2 Å². The van der Waals surface area contributed by atoms with E-state index in [2.05, 4.69) is 93.7 Å². The highest BCUT2D eigenvalue weighted by atomic mass is 16.6. The minimum atomic E-state index is -0.792. The van der Waals surface area contributed by atoms with Gasteiger partial charge in [-0.2, -0.15) is 0 Å². The lowest BCUT2D eigenvalue weighted by atomic mass is 10.1. The highest BCUT2D eigenvalue weighted by Gasteiger charge is 2.19. The van der Waals surface area contributed by atoms with Gasteiger partial charge >= 0.3 is 17.9 Å². The number of carbonyl (C=O) groups is 3. The molecule has 0 amide bonds. The molecule has 66 heavy (non-hydrogen) atoms. The van der Waals surface area contributed by atoms with Crippen molar-refractivity contribution in [3.05, 3.63) is 72.9 Å². The summed E-state index contributed by atoms with van der Waals surface area (Å²) in [7, 11) is 0. The van der Waals surface area contributed by atoms with Gasteiger partial charge in [-0.25, -0.2) is 0 Å². The molecular weight excluding hydrogens is 817 g/mol. The summed E-state index contributed by atoms with van der Waals surface area (Å²) in [6, 6.07) is 0. The summed E-state index contributed by atoms with van der Waals surface area (Å²) >= 11 is 0. The van der Waals surface area contributed by atoms with Crippen LogP contribution in [0.25, 0.3) is 0 Å². The van der Waals surface area contributed by atoms with E-state index in [0.29, 0.717) is 19.3 Å². The van der Waals surface area contributed by atoms with Gasteiger partial charge in [0, 0.05) is 19.3 Å². The smallest absolute Gasteiger partial charge is 0.306 e. The normalized spacial score (nSPS) is 12.6. The van der Waals surface area contributed by atoms with Gasteiger partial charge in [0.15, 0.2) is 6.10 Å². The maximum absolute atomic E-state index is 12.8. The highest BCUT2D eigenvalue weighted by Crippen LogP contribution is 2.14. The van der Waals surface area contributed by atoms with Crippen LogP contribution in [-0.2, 0) is 28.6 Å². The molecular formula is C60H104O6. The first-order chi connectivity index (χ1) is 32.5. The van der Waals surface area contributed by atoms with Crippen molar-refractivity contribution in [2.75, 3.05) is 13.2 Å². The maximum atomic E-state index is 12.8. The molecule has 0 saturated heterocycles. The summed E-state index contributed by atoms with van der Waals surface area (Å²) in [6.45, 7) is 6.56. The average molecular weight is 921 g/mol. The Balaban J connectivity index is 4.43. The molecule has 0 aliphatic rings. The number of hydrogen-bond donors (Lipinski definition) is 0. The van der Waals surface area contributed by atoms with Crippen LogP contribution in [0.1, 0.15) is 271 Å². The molecule has 0 aromatic rings. The van der Waals surface area contributed by atoms with Crippen LogP contribution in [0.15, 0.2) is 72.9 Å². The third kappa shape index (κ3) is 51.8. The predicted octanol–water partition coefficient (Wildman–Crippen LogP) is 18.6. The lowest BCUT2D eigenvalue weighted by Crippen LogP contribution is -2.30. The molecule has 1 unspecified atom stereocenters. The largest absolute Gasteiger partial charge is 0.462 e. The van der Waals surface area contributed by atoms with Crippen molar-refractivity contribution >= 4 is 17.9 Å². The van der Waals surface area contributed by atoms with E-state index in [0.717, 1.165) is 109 Å². The third-order valence-corrected chi connectivity index (χ3v) is 11.9. The second-order valence-electron chi connectivity index (χ2n) is 18.5. The molecule has 0 rings (SSSR count). The third-order valence-electron chi connectivity index (χ3n) is 11.9. The van der Waals surface area contributed by atoms with Crippen LogP contribution in [0.4, 0.5) is 0 Å². The summed E-state index contributed by atoms with van der Waals surface area (Å²) in [5, 5.41) is 0. The summed E-state index contributed by atoms with van der Waals surface area (Å²) < 4.78 is 16.8.